The number of H-pyrrole nitrogens is 1. The van der Waals surface area contributed by atoms with Gasteiger partial charge in [0.2, 0.25) is 5.91 Å². The van der Waals surface area contributed by atoms with Crippen molar-refractivity contribution in [3.05, 3.63) is 35.0 Å². The van der Waals surface area contributed by atoms with E-state index in [1.165, 1.54) is 11.3 Å². The molecule has 1 atom stereocenters. The van der Waals surface area contributed by atoms with Gasteiger partial charge in [0.05, 0.1) is 6.61 Å². The van der Waals surface area contributed by atoms with Crippen LogP contribution in [-0.2, 0) is 22.5 Å². The Morgan fingerprint density at radius 1 is 1.32 bits per heavy atom. The molecule has 3 heterocycles. The van der Waals surface area contributed by atoms with Gasteiger partial charge in [-0.15, -0.1) is 0 Å². The maximum absolute atomic E-state index is 13.4. The number of fused-ring (bicyclic) bond motifs is 3. The molecular formula is C21H28N4O3. The van der Waals surface area contributed by atoms with Crippen molar-refractivity contribution in [3.63, 3.8) is 0 Å². The molecule has 2 amide bonds. The molecule has 0 spiro atoms. The highest BCUT2D eigenvalue weighted by atomic mass is 16.5. The van der Waals surface area contributed by atoms with Crippen molar-refractivity contribution in [2.75, 3.05) is 40.9 Å². The highest BCUT2D eigenvalue weighted by Gasteiger charge is 2.49. The lowest BCUT2D eigenvalue weighted by Gasteiger charge is -2.36. The van der Waals surface area contributed by atoms with Gasteiger partial charge in [-0.3, -0.25) is 9.59 Å². The Morgan fingerprint density at radius 3 is 2.89 bits per heavy atom. The summed E-state index contributed by atoms with van der Waals surface area (Å²) in [6.07, 6.45) is 2.39. The number of hydrogen-bond donors (Lipinski definition) is 2. The number of nitrogens with zero attached hydrogens (tertiary/aromatic N) is 2. The van der Waals surface area contributed by atoms with E-state index in [0.29, 0.717) is 18.5 Å². The Balaban J connectivity index is 1.72. The van der Waals surface area contributed by atoms with Gasteiger partial charge in [0.15, 0.2) is 0 Å². The Bertz CT molecular complexity index is 922. The Hall–Kier alpha value is -2.38. The van der Waals surface area contributed by atoms with E-state index >= 15 is 0 Å². The number of methoxy groups -OCH3 is 1. The maximum Gasteiger partial charge on any atom is 0.254 e. The number of benzene rings is 1. The normalized spacial score (nSPS) is 22.5. The number of rotatable bonds is 4. The molecular weight excluding hydrogens is 356 g/mol. The van der Waals surface area contributed by atoms with Gasteiger partial charge in [-0.2, -0.15) is 0 Å². The molecule has 1 aromatic heterocycles. The fraction of sp³-hybridized carbons (Fsp3) is 0.524. The smallest absolute Gasteiger partial charge is 0.254 e. The molecule has 0 aliphatic carbocycles. The Labute approximate surface area is 165 Å². The molecule has 0 radical (unpaired) electrons. The first-order chi connectivity index (χ1) is 13.5. The van der Waals surface area contributed by atoms with Gasteiger partial charge in [-0.25, -0.2) is 0 Å². The number of amides is 2. The molecule has 7 heteroatoms. The molecule has 4 rings (SSSR count). The van der Waals surface area contributed by atoms with E-state index in [1.807, 2.05) is 18.2 Å². The lowest BCUT2D eigenvalue weighted by Crippen LogP contribution is -2.59. The number of carbonyl (C=O) groups is 2. The van der Waals surface area contributed by atoms with Crippen molar-refractivity contribution < 1.29 is 14.3 Å². The number of likely N-dealkylation sites (N-methyl/N-ethyl adjacent to an activating group) is 2. The summed E-state index contributed by atoms with van der Waals surface area (Å²) in [5.74, 6) is -0.277. The van der Waals surface area contributed by atoms with Crippen LogP contribution < -0.4 is 5.32 Å². The minimum Gasteiger partial charge on any atom is -0.382 e. The van der Waals surface area contributed by atoms with E-state index in [1.54, 1.807) is 19.1 Å². The highest BCUT2D eigenvalue weighted by Crippen LogP contribution is 2.33. The Morgan fingerprint density at radius 2 is 2.14 bits per heavy atom. The molecule has 0 bridgehead atoms. The van der Waals surface area contributed by atoms with Crippen LogP contribution in [-0.4, -0.2) is 73.0 Å². The van der Waals surface area contributed by atoms with E-state index in [4.69, 9.17) is 4.74 Å². The minimum atomic E-state index is -0.937. The topological polar surface area (TPSA) is 77.7 Å². The molecule has 7 nitrogen and oxygen atoms in total. The summed E-state index contributed by atoms with van der Waals surface area (Å²) in [7, 11) is 5.29. The molecule has 28 heavy (non-hydrogen) atoms. The average molecular weight is 384 g/mol. The van der Waals surface area contributed by atoms with Crippen molar-refractivity contribution >= 4 is 22.7 Å². The van der Waals surface area contributed by atoms with Crippen molar-refractivity contribution in [2.45, 2.75) is 31.3 Å². The predicted octanol–water partition coefficient (Wildman–Crippen LogP) is 1.52. The molecule has 1 fully saturated rings. The third kappa shape index (κ3) is 2.89. The summed E-state index contributed by atoms with van der Waals surface area (Å²) in [5, 5.41) is 3.82. The van der Waals surface area contributed by atoms with Gasteiger partial charge >= 0.3 is 0 Å². The third-order valence-corrected chi connectivity index (χ3v) is 6.18. The summed E-state index contributed by atoms with van der Waals surface area (Å²) in [5.41, 5.74) is 3.28. The highest BCUT2D eigenvalue weighted by molar-refractivity contribution is 6.02. The van der Waals surface area contributed by atoms with Gasteiger partial charge in [0.1, 0.15) is 5.54 Å². The van der Waals surface area contributed by atoms with Crippen LogP contribution in [0.2, 0.25) is 0 Å². The van der Waals surface area contributed by atoms with Crippen molar-refractivity contribution in [2.24, 2.45) is 0 Å². The number of ether oxygens (including phenoxy) is 1. The number of hydrogen-bond acceptors (Lipinski definition) is 4. The quantitative estimate of drug-likeness (QED) is 0.838. The molecule has 2 aliphatic rings. The van der Waals surface area contributed by atoms with E-state index in [0.717, 1.165) is 36.8 Å². The van der Waals surface area contributed by atoms with Gasteiger partial charge < -0.3 is 24.8 Å². The molecule has 1 saturated heterocycles. The van der Waals surface area contributed by atoms with Crippen LogP contribution in [0.5, 0.6) is 0 Å². The van der Waals surface area contributed by atoms with Gasteiger partial charge in [0.25, 0.3) is 5.91 Å². The van der Waals surface area contributed by atoms with E-state index in [-0.39, 0.29) is 18.4 Å². The zero-order chi connectivity index (χ0) is 19.9. The SMILES string of the molecule is CNC(=O)C1(COC)CCCN1C(=O)c1ccc2[nH]c3c(c2c1)CN(C)CC3. The third-order valence-electron chi connectivity index (χ3n) is 6.18. The van der Waals surface area contributed by atoms with Crippen LogP contribution in [0.1, 0.15) is 34.5 Å². The average Bonchev–Trinajstić information content (AvgIpc) is 3.28. The van der Waals surface area contributed by atoms with Gasteiger partial charge in [-0.05, 0) is 43.7 Å². The molecule has 150 valence electrons. The number of aromatic amines is 1. The standard InChI is InChI=1S/C21H28N4O3/c1-22-20(27)21(13-28-3)8-4-9-25(21)19(26)14-5-6-17-15(11-14)16-12-24(2)10-7-18(16)23-17/h5-6,11,23H,4,7-10,12-13H2,1-3H3,(H,22,27). The first-order valence-corrected chi connectivity index (χ1v) is 9.85. The summed E-state index contributed by atoms with van der Waals surface area (Å²) < 4.78 is 5.35. The predicted molar refractivity (Wildman–Crippen MR) is 107 cm³/mol. The van der Waals surface area contributed by atoms with E-state index in [2.05, 4.69) is 22.2 Å². The van der Waals surface area contributed by atoms with Crippen molar-refractivity contribution in [1.29, 1.82) is 0 Å². The first-order valence-electron chi connectivity index (χ1n) is 9.85. The lowest BCUT2D eigenvalue weighted by molar-refractivity contribution is -0.133. The van der Waals surface area contributed by atoms with E-state index in [9.17, 15) is 9.59 Å². The minimum absolute atomic E-state index is 0.112. The second-order valence-corrected chi connectivity index (χ2v) is 7.93. The monoisotopic (exact) mass is 384 g/mol. The van der Waals surface area contributed by atoms with Gasteiger partial charge in [-0.1, -0.05) is 0 Å². The molecule has 0 saturated carbocycles. The number of aromatic nitrogens is 1. The summed E-state index contributed by atoms with van der Waals surface area (Å²) in [4.78, 5) is 33.6. The fourth-order valence-corrected chi connectivity index (χ4v) is 4.74. The second-order valence-electron chi connectivity index (χ2n) is 7.93. The zero-order valence-corrected chi connectivity index (χ0v) is 16.8. The first kappa shape index (κ1) is 19.0. The number of nitrogens with one attached hydrogen (secondary N) is 2. The van der Waals surface area contributed by atoms with Crippen molar-refractivity contribution in [3.8, 4) is 0 Å². The molecule has 2 aliphatic heterocycles. The Kier molecular flexibility index (Phi) is 4.89. The van der Waals surface area contributed by atoms with Gasteiger partial charge in [0, 0.05) is 62.4 Å². The fourth-order valence-electron chi connectivity index (χ4n) is 4.74. The summed E-state index contributed by atoms with van der Waals surface area (Å²) >= 11 is 0. The van der Waals surface area contributed by atoms with Crippen LogP contribution >= 0.6 is 0 Å². The van der Waals surface area contributed by atoms with E-state index < -0.39 is 5.54 Å². The number of carbonyl (C=O) groups excluding carboxylic acids is 2. The number of likely N-dealkylation sites (tertiary alicyclic amines) is 1. The van der Waals surface area contributed by atoms with Crippen LogP contribution in [0.15, 0.2) is 18.2 Å². The molecule has 2 aromatic rings. The largest absolute Gasteiger partial charge is 0.382 e. The van der Waals surface area contributed by atoms with Crippen LogP contribution in [0, 0.1) is 0 Å². The molecule has 1 unspecified atom stereocenters. The van der Waals surface area contributed by atoms with Crippen LogP contribution in [0.4, 0.5) is 0 Å². The van der Waals surface area contributed by atoms with Crippen molar-refractivity contribution in [1.82, 2.24) is 20.1 Å². The summed E-state index contributed by atoms with van der Waals surface area (Å²) in [6, 6.07) is 5.82. The zero-order valence-electron chi connectivity index (χ0n) is 16.8. The molecule has 2 N–H and O–H groups in total. The second kappa shape index (κ2) is 7.22. The molecule has 1 aromatic carbocycles. The maximum atomic E-state index is 13.4. The summed E-state index contributed by atoms with van der Waals surface area (Å²) in [6.45, 7) is 2.67. The van der Waals surface area contributed by atoms with Crippen LogP contribution in [0.25, 0.3) is 10.9 Å². The lowest BCUT2D eigenvalue weighted by atomic mass is 9.95. The van der Waals surface area contributed by atoms with Crippen LogP contribution in [0.3, 0.4) is 0 Å².